The number of rotatable bonds is 4. The minimum Gasteiger partial charge on any atom is -0.452 e. The lowest BCUT2D eigenvalue weighted by atomic mass is 10.0. The van der Waals surface area contributed by atoms with Crippen molar-refractivity contribution in [3.63, 3.8) is 0 Å². The Balaban J connectivity index is 1.36. The summed E-state index contributed by atoms with van der Waals surface area (Å²) in [5, 5.41) is 1.04. The summed E-state index contributed by atoms with van der Waals surface area (Å²) in [5.74, 6) is -0.772. The summed E-state index contributed by atoms with van der Waals surface area (Å²) < 4.78 is 5.14. The van der Waals surface area contributed by atoms with Crippen molar-refractivity contribution < 1.29 is 14.3 Å². The molecule has 0 bridgehead atoms. The third-order valence-corrected chi connectivity index (χ3v) is 4.76. The normalized spacial score (nSPS) is 13.5. The summed E-state index contributed by atoms with van der Waals surface area (Å²) in [4.78, 5) is 30.7. The minimum absolute atomic E-state index is 0.210. The zero-order valence-electron chi connectivity index (χ0n) is 15.4. The molecule has 2 aromatic carbocycles. The second kappa shape index (κ2) is 8.05. The predicted molar refractivity (Wildman–Crippen MR) is 109 cm³/mol. The Labute approximate surface area is 163 Å². The molecular weight excluding hydrogens is 352 g/mol. The summed E-state index contributed by atoms with van der Waals surface area (Å²) >= 11 is 0. The van der Waals surface area contributed by atoms with Crippen LogP contribution in [0.5, 0.6) is 0 Å². The molecule has 0 saturated heterocycles. The van der Waals surface area contributed by atoms with Crippen LogP contribution in [0.15, 0.2) is 66.7 Å². The second-order valence-electron chi connectivity index (χ2n) is 6.65. The quantitative estimate of drug-likeness (QED) is 0.517. The minimum atomic E-state index is -0.561. The molecule has 1 amide bonds. The molecule has 3 aromatic rings. The molecule has 5 heteroatoms. The molecule has 0 atom stereocenters. The molecule has 0 unspecified atom stereocenters. The zero-order valence-corrected chi connectivity index (χ0v) is 15.4. The molecule has 28 heavy (non-hydrogen) atoms. The topological polar surface area (TPSA) is 59.5 Å². The van der Waals surface area contributed by atoms with E-state index in [-0.39, 0.29) is 12.5 Å². The van der Waals surface area contributed by atoms with Gasteiger partial charge in [-0.1, -0.05) is 42.5 Å². The number of pyridine rings is 1. The van der Waals surface area contributed by atoms with Crippen molar-refractivity contribution in [1.82, 2.24) is 4.98 Å². The highest BCUT2D eigenvalue weighted by atomic mass is 16.5. The van der Waals surface area contributed by atoms with Crippen LogP contribution in [-0.4, -0.2) is 30.0 Å². The summed E-state index contributed by atoms with van der Waals surface area (Å²) in [6.07, 6.45) is 4.76. The van der Waals surface area contributed by atoms with Gasteiger partial charge in [-0.2, -0.15) is 0 Å². The lowest BCUT2D eigenvalue weighted by molar-refractivity contribution is -0.142. The van der Waals surface area contributed by atoms with Crippen molar-refractivity contribution >= 4 is 34.5 Å². The van der Waals surface area contributed by atoms with Crippen LogP contribution >= 0.6 is 0 Å². The molecule has 0 aliphatic carbocycles. The van der Waals surface area contributed by atoms with Gasteiger partial charge >= 0.3 is 5.97 Å². The average molecular weight is 372 g/mol. The highest BCUT2D eigenvalue weighted by Crippen LogP contribution is 2.26. The van der Waals surface area contributed by atoms with Crippen molar-refractivity contribution in [2.75, 3.05) is 18.1 Å². The van der Waals surface area contributed by atoms with E-state index in [0.717, 1.165) is 35.0 Å². The maximum absolute atomic E-state index is 12.5. The van der Waals surface area contributed by atoms with E-state index in [9.17, 15) is 9.59 Å². The summed E-state index contributed by atoms with van der Waals surface area (Å²) in [5.41, 5.74) is 3.57. The van der Waals surface area contributed by atoms with Gasteiger partial charge in [0.25, 0.3) is 5.91 Å². The van der Waals surface area contributed by atoms with Gasteiger partial charge in [-0.15, -0.1) is 0 Å². The maximum Gasteiger partial charge on any atom is 0.331 e. The van der Waals surface area contributed by atoms with Gasteiger partial charge in [-0.25, -0.2) is 9.78 Å². The van der Waals surface area contributed by atoms with Gasteiger partial charge in [-0.05, 0) is 42.7 Å². The number of aryl methyl sites for hydroxylation is 1. The maximum atomic E-state index is 12.5. The van der Waals surface area contributed by atoms with Crippen LogP contribution in [0.3, 0.4) is 0 Å². The molecule has 0 spiro atoms. The highest BCUT2D eigenvalue weighted by molar-refractivity contribution is 5.97. The van der Waals surface area contributed by atoms with Gasteiger partial charge < -0.3 is 9.64 Å². The number of carbonyl (C=O) groups excluding carboxylic acids is 2. The number of amides is 1. The molecule has 1 aliphatic heterocycles. The molecule has 0 saturated carbocycles. The number of hydrogen-bond acceptors (Lipinski definition) is 4. The average Bonchev–Trinajstić information content (AvgIpc) is 2.75. The largest absolute Gasteiger partial charge is 0.452 e. The Morgan fingerprint density at radius 3 is 2.79 bits per heavy atom. The van der Waals surface area contributed by atoms with E-state index in [1.165, 1.54) is 6.08 Å². The third kappa shape index (κ3) is 3.93. The van der Waals surface area contributed by atoms with Gasteiger partial charge in [-0.3, -0.25) is 4.79 Å². The van der Waals surface area contributed by atoms with Gasteiger partial charge in [0.2, 0.25) is 0 Å². The molecule has 2 heterocycles. The van der Waals surface area contributed by atoms with Crippen molar-refractivity contribution in [3.05, 3.63) is 78.0 Å². The monoisotopic (exact) mass is 372 g/mol. The highest BCUT2D eigenvalue weighted by Gasteiger charge is 2.22. The number of benzene rings is 2. The van der Waals surface area contributed by atoms with Crippen LogP contribution in [-0.2, 0) is 20.7 Å². The Morgan fingerprint density at radius 2 is 1.86 bits per heavy atom. The Hall–Kier alpha value is -3.47. The number of hydrogen-bond donors (Lipinski definition) is 0. The van der Waals surface area contributed by atoms with E-state index >= 15 is 0 Å². The number of ether oxygens (including phenoxy) is 1. The van der Waals surface area contributed by atoms with E-state index in [0.29, 0.717) is 12.2 Å². The lowest BCUT2D eigenvalue weighted by Gasteiger charge is -2.29. The Morgan fingerprint density at radius 1 is 1.04 bits per heavy atom. The molecule has 5 nitrogen and oxygen atoms in total. The van der Waals surface area contributed by atoms with E-state index in [4.69, 9.17) is 4.74 Å². The van der Waals surface area contributed by atoms with Crippen LogP contribution in [0.2, 0.25) is 0 Å². The standard InChI is InChI=1S/C23H20N2O3/c26-22(25-15-5-8-18-7-2-4-10-21(18)25)16-28-23(27)14-13-19-12-11-17-6-1-3-9-20(17)24-19/h1-4,6-7,9-14H,5,8,15-16H2/b14-13+. The van der Waals surface area contributed by atoms with Crippen LogP contribution in [0.4, 0.5) is 5.69 Å². The first-order valence-electron chi connectivity index (χ1n) is 9.29. The summed E-state index contributed by atoms with van der Waals surface area (Å²) in [6, 6.07) is 19.4. The van der Waals surface area contributed by atoms with Gasteiger partial charge in [0.15, 0.2) is 6.61 Å². The Bertz CT molecular complexity index is 1060. The van der Waals surface area contributed by atoms with Crippen molar-refractivity contribution in [2.45, 2.75) is 12.8 Å². The number of esters is 1. The van der Waals surface area contributed by atoms with Crippen molar-refractivity contribution in [3.8, 4) is 0 Å². The van der Waals surface area contributed by atoms with Crippen LogP contribution in [0.25, 0.3) is 17.0 Å². The number of nitrogens with zero attached hydrogens (tertiary/aromatic N) is 2. The molecule has 4 rings (SSSR count). The Kier molecular flexibility index (Phi) is 5.15. The first-order chi connectivity index (χ1) is 13.7. The SMILES string of the molecule is O=C(/C=C/c1ccc2ccccc2n1)OCC(=O)N1CCCc2ccccc21. The molecule has 140 valence electrons. The fraction of sp³-hybridized carbons (Fsp3) is 0.174. The number of anilines is 1. The predicted octanol–water partition coefficient (Wildman–Crippen LogP) is 3.77. The molecule has 1 aromatic heterocycles. The lowest BCUT2D eigenvalue weighted by Crippen LogP contribution is -2.38. The number of para-hydroxylation sites is 2. The van der Waals surface area contributed by atoms with Gasteiger partial charge in [0.05, 0.1) is 11.2 Å². The molecular formula is C23H20N2O3. The van der Waals surface area contributed by atoms with Crippen molar-refractivity contribution in [1.29, 1.82) is 0 Å². The smallest absolute Gasteiger partial charge is 0.331 e. The molecule has 0 radical (unpaired) electrons. The van der Waals surface area contributed by atoms with E-state index in [1.54, 1.807) is 11.0 Å². The third-order valence-electron chi connectivity index (χ3n) is 4.76. The first kappa shape index (κ1) is 17.9. The van der Waals surface area contributed by atoms with Gasteiger partial charge in [0, 0.05) is 23.7 Å². The first-order valence-corrected chi connectivity index (χ1v) is 9.29. The number of fused-ring (bicyclic) bond motifs is 2. The fourth-order valence-electron chi connectivity index (χ4n) is 3.38. The zero-order chi connectivity index (χ0) is 19.3. The van der Waals surface area contributed by atoms with Crippen molar-refractivity contribution in [2.24, 2.45) is 0 Å². The van der Waals surface area contributed by atoms with E-state index in [1.807, 2.05) is 60.7 Å². The molecule has 1 aliphatic rings. The van der Waals surface area contributed by atoms with Crippen LogP contribution in [0.1, 0.15) is 17.7 Å². The van der Waals surface area contributed by atoms with E-state index in [2.05, 4.69) is 4.98 Å². The second-order valence-corrected chi connectivity index (χ2v) is 6.65. The molecule has 0 fully saturated rings. The fourth-order valence-corrected chi connectivity index (χ4v) is 3.38. The molecule has 0 N–H and O–H groups in total. The van der Waals surface area contributed by atoms with Crippen LogP contribution < -0.4 is 4.90 Å². The van der Waals surface area contributed by atoms with E-state index < -0.39 is 5.97 Å². The van der Waals surface area contributed by atoms with Crippen LogP contribution in [0, 0.1) is 0 Å². The summed E-state index contributed by atoms with van der Waals surface area (Å²) in [6.45, 7) is 0.368. The number of aromatic nitrogens is 1. The number of carbonyl (C=O) groups is 2. The summed E-state index contributed by atoms with van der Waals surface area (Å²) in [7, 11) is 0. The van der Waals surface area contributed by atoms with Gasteiger partial charge in [0.1, 0.15) is 0 Å².